The predicted octanol–water partition coefficient (Wildman–Crippen LogP) is 5.09. The van der Waals surface area contributed by atoms with Crippen LogP contribution in [0, 0.1) is 11.6 Å². The zero-order valence-electron chi connectivity index (χ0n) is 14.9. The normalized spacial score (nSPS) is 11.2. The Morgan fingerprint density at radius 3 is 1.85 bits per heavy atom. The fraction of sp³-hybridized carbons (Fsp3) is 0.143. The highest BCUT2D eigenvalue weighted by Crippen LogP contribution is 2.45. The molecule has 0 aliphatic carbocycles. The van der Waals surface area contributed by atoms with Gasteiger partial charge in [-0.05, 0) is 55.0 Å². The van der Waals surface area contributed by atoms with Gasteiger partial charge in [0.15, 0.2) is 0 Å². The zero-order valence-corrected chi connectivity index (χ0v) is 15.8. The second-order valence-electron chi connectivity index (χ2n) is 6.00. The van der Waals surface area contributed by atoms with Crippen molar-refractivity contribution in [3.63, 3.8) is 0 Å². The second-order valence-corrected chi connectivity index (χ2v) is 8.40. The van der Waals surface area contributed by atoms with E-state index in [1.54, 1.807) is 36.4 Å². The van der Waals surface area contributed by atoms with Crippen molar-refractivity contribution in [2.75, 3.05) is 11.7 Å². The molecule has 0 radical (unpaired) electrons. The van der Waals surface area contributed by atoms with E-state index in [1.807, 2.05) is 6.92 Å². The molecular weight excluding hydrogens is 367 g/mol. The molecule has 140 valence electrons. The maximum Gasteiger partial charge on any atom is 0.232 e. The van der Waals surface area contributed by atoms with Crippen LogP contribution in [0.5, 0.6) is 5.75 Å². The molecule has 0 unspecified atom stereocenters. The van der Waals surface area contributed by atoms with Gasteiger partial charge in [-0.15, -0.1) is 0 Å². The van der Waals surface area contributed by atoms with Crippen LogP contribution in [0.3, 0.4) is 0 Å². The van der Waals surface area contributed by atoms with E-state index in [0.29, 0.717) is 18.0 Å². The van der Waals surface area contributed by atoms with E-state index in [1.165, 1.54) is 36.4 Å². The minimum atomic E-state index is -3.80. The Hall–Kier alpha value is -2.65. The Morgan fingerprint density at radius 2 is 1.37 bits per heavy atom. The van der Waals surface area contributed by atoms with Crippen molar-refractivity contribution in [3.8, 4) is 5.75 Å². The Balaban J connectivity index is 2.02. The number of ether oxygens (including phenoxy) is 1. The number of halogens is 2. The first-order valence-electron chi connectivity index (χ1n) is 8.66. The van der Waals surface area contributed by atoms with Gasteiger partial charge < -0.3 is 9.82 Å². The van der Waals surface area contributed by atoms with Crippen LogP contribution >= 0.6 is 7.29 Å². The molecule has 0 bridgehead atoms. The number of benzene rings is 3. The van der Waals surface area contributed by atoms with E-state index in [9.17, 15) is 13.3 Å². The quantitative estimate of drug-likeness (QED) is 0.574. The van der Waals surface area contributed by atoms with Crippen LogP contribution in [0.15, 0.2) is 72.8 Å². The predicted molar refractivity (Wildman–Crippen MR) is 106 cm³/mol. The van der Waals surface area contributed by atoms with Crippen LogP contribution in [0.1, 0.15) is 13.3 Å². The van der Waals surface area contributed by atoms with Crippen molar-refractivity contribution in [2.45, 2.75) is 13.3 Å². The van der Waals surface area contributed by atoms with Crippen LogP contribution < -0.4 is 20.4 Å². The number of nitrogens with one attached hydrogen (secondary N) is 1. The summed E-state index contributed by atoms with van der Waals surface area (Å²) in [5, 5.41) is 2.74. The summed E-state index contributed by atoms with van der Waals surface area (Å²) in [6.07, 6.45) is 0.885. The van der Waals surface area contributed by atoms with Crippen LogP contribution in [0.2, 0.25) is 0 Å². The molecule has 0 aliphatic rings. The number of rotatable bonds is 7. The molecule has 0 aliphatic heterocycles. The van der Waals surface area contributed by atoms with Crippen molar-refractivity contribution in [3.05, 3.63) is 84.4 Å². The van der Waals surface area contributed by atoms with Gasteiger partial charge in [0.2, 0.25) is 7.29 Å². The molecule has 3 rings (SSSR count). The monoisotopic (exact) mass is 387 g/mol. The minimum absolute atomic E-state index is 0.0681. The van der Waals surface area contributed by atoms with Gasteiger partial charge >= 0.3 is 0 Å². The van der Waals surface area contributed by atoms with Gasteiger partial charge in [-0.1, -0.05) is 31.2 Å². The average Bonchev–Trinajstić information content (AvgIpc) is 2.68. The van der Waals surface area contributed by atoms with E-state index in [0.717, 1.165) is 6.42 Å². The summed E-state index contributed by atoms with van der Waals surface area (Å²) in [7, 11) is -3.80. The molecule has 3 nitrogen and oxygen atoms in total. The van der Waals surface area contributed by atoms with Gasteiger partial charge in [-0.3, -0.25) is 4.57 Å². The van der Waals surface area contributed by atoms with Crippen molar-refractivity contribution in [2.24, 2.45) is 0 Å². The largest absolute Gasteiger partial charge is 0.494 e. The molecule has 6 heteroatoms. The molecule has 1 N–H and O–H groups in total. The first kappa shape index (κ1) is 19.1. The van der Waals surface area contributed by atoms with Crippen LogP contribution in [0.25, 0.3) is 0 Å². The van der Waals surface area contributed by atoms with E-state index in [4.69, 9.17) is 4.74 Å². The molecule has 0 amide bonds. The van der Waals surface area contributed by atoms with Gasteiger partial charge in [0.25, 0.3) is 0 Å². The van der Waals surface area contributed by atoms with Crippen LogP contribution in [0.4, 0.5) is 14.5 Å². The topological polar surface area (TPSA) is 38.3 Å². The summed E-state index contributed by atoms with van der Waals surface area (Å²) >= 11 is 0. The average molecular weight is 387 g/mol. The lowest BCUT2D eigenvalue weighted by molar-refractivity contribution is 0.317. The van der Waals surface area contributed by atoms with Crippen LogP contribution in [-0.2, 0) is 4.57 Å². The van der Waals surface area contributed by atoms with Gasteiger partial charge in [-0.2, -0.15) is 0 Å². The summed E-state index contributed by atoms with van der Waals surface area (Å²) in [6, 6.07) is 18.2. The molecule has 27 heavy (non-hydrogen) atoms. The Kier molecular flexibility index (Phi) is 5.92. The maximum atomic E-state index is 14.5. The molecule has 0 saturated heterocycles. The smallest absolute Gasteiger partial charge is 0.232 e. The number of anilines is 1. The molecule has 0 saturated carbocycles. The summed E-state index contributed by atoms with van der Waals surface area (Å²) in [5.41, 5.74) is 0.480. The lowest BCUT2D eigenvalue weighted by atomic mass is 10.3. The fourth-order valence-electron chi connectivity index (χ4n) is 2.69. The molecule has 0 fully saturated rings. The lowest BCUT2D eigenvalue weighted by Gasteiger charge is -2.22. The molecule has 0 atom stereocenters. The first-order valence-corrected chi connectivity index (χ1v) is 10.4. The van der Waals surface area contributed by atoms with Crippen molar-refractivity contribution >= 4 is 23.6 Å². The summed E-state index contributed by atoms with van der Waals surface area (Å²) < 4.78 is 48.3. The molecule has 3 aromatic carbocycles. The molecule has 0 heterocycles. The van der Waals surface area contributed by atoms with Gasteiger partial charge in [0.05, 0.1) is 17.2 Å². The summed E-state index contributed by atoms with van der Waals surface area (Å²) in [6.45, 7) is 2.60. The Morgan fingerprint density at radius 1 is 0.852 bits per heavy atom. The third-order valence-corrected chi connectivity index (χ3v) is 6.65. The highest BCUT2D eigenvalue weighted by atomic mass is 31.2. The highest BCUT2D eigenvalue weighted by molar-refractivity contribution is 7.80. The van der Waals surface area contributed by atoms with Gasteiger partial charge in [0, 0.05) is 5.69 Å². The van der Waals surface area contributed by atoms with E-state index >= 15 is 0 Å². The number of hydrogen-bond acceptors (Lipinski definition) is 2. The van der Waals surface area contributed by atoms with Gasteiger partial charge in [-0.25, -0.2) is 8.78 Å². The fourth-order valence-corrected chi connectivity index (χ4v) is 5.05. The number of hydrogen-bond donors (Lipinski definition) is 1. The Labute approximate surface area is 157 Å². The third kappa shape index (κ3) is 4.20. The second kappa shape index (κ2) is 8.36. The Bertz CT molecular complexity index is 911. The van der Waals surface area contributed by atoms with E-state index in [-0.39, 0.29) is 10.6 Å². The molecular formula is C21H20F2NO2P. The van der Waals surface area contributed by atoms with Crippen LogP contribution in [-0.4, -0.2) is 6.61 Å². The third-order valence-electron chi connectivity index (χ3n) is 4.00. The minimum Gasteiger partial charge on any atom is -0.494 e. The van der Waals surface area contributed by atoms with Crippen molar-refractivity contribution in [1.29, 1.82) is 0 Å². The molecule has 0 spiro atoms. The lowest BCUT2D eigenvalue weighted by Crippen LogP contribution is -2.26. The van der Waals surface area contributed by atoms with E-state index < -0.39 is 18.9 Å². The molecule has 3 aromatic rings. The zero-order chi connectivity index (χ0) is 19.3. The standard InChI is InChI=1S/C21H20F2NO2P/c1-2-15-26-17-13-11-16(12-14-17)24-27(25,20-9-5-3-7-18(20)22)21-10-6-4-8-19(21)23/h3-14H,2,15H2,1H3,(H,24,25). The van der Waals surface area contributed by atoms with Crippen molar-refractivity contribution < 1.29 is 18.1 Å². The summed E-state index contributed by atoms with van der Waals surface area (Å²) in [5.74, 6) is -0.631. The maximum absolute atomic E-state index is 14.5. The summed E-state index contributed by atoms with van der Waals surface area (Å²) in [4.78, 5) is 0. The SMILES string of the molecule is CCCOc1ccc(NP(=O)(c2ccccc2F)c2ccccc2F)cc1. The van der Waals surface area contributed by atoms with Gasteiger partial charge in [0.1, 0.15) is 17.4 Å². The van der Waals surface area contributed by atoms with Crippen molar-refractivity contribution in [1.82, 2.24) is 0 Å². The molecule has 0 aromatic heterocycles. The van der Waals surface area contributed by atoms with E-state index in [2.05, 4.69) is 5.09 Å². The first-order chi connectivity index (χ1) is 13.0. The highest BCUT2D eigenvalue weighted by Gasteiger charge is 2.32.